The molecular formula is C9H22N2. The van der Waals surface area contributed by atoms with E-state index in [4.69, 9.17) is 0 Å². The zero-order valence-corrected chi connectivity index (χ0v) is 8.73. The third kappa shape index (κ3) is 3.73. The first-order chi connectivity index (χ1) is 4.90. The molecule has 0 amide bonds. The van der Waals surface area contributed by atoms with Crippen LogP contribution in [-0.2, 0) is 0 Å². The number of nitrogens with one attached hydrogen (secondary N) is 1. The Morgan fingerprint density at radius 2 is 1.82 bits per heavy atom. The lowest BCUT2D eigenvalue weighted by atomic mass is 9.85. The lowest BCUT2D eigenvalue weighted by molar-refractivity contribution is 0.190. The first kappa shape index (κ1) is 10.9. The number of nitrogens with zero attached hydrogens (tertiary/aromatic N) is 1. The molecule has 0 aromatic rings. The van der Waals surface area contributed by atoms with E-state index in [2.05, 4.69) is 45.1 Å². The highest BCUT2D eigenvalue weighted by molar-refractivity contribution is 4.81. The van der Waals surface area contributed by atoms with Crippen LogP contribution in [0, 0.1) is 5.41 Å². The van der Waals surface area contributed by atoms with Crippen molar-refractivity contribution in [3.63, 3.8) is 0 Å². The Morgan fingerprint density at radius 3 is 2.09 bits per heavy atom. The third-order valence-electron chi connectivity index (χ3n) is 2.33. The van der Waals surface area contributed by atoms with Gasteiger partial charge in [0, 0.05) is 12.6 Å². The molecule has 0 fully saturated rings. The molecule has 0 aromatic carbocycles. The van der Waals surface area contributed by atoms with Gasteiger partial charge in [-0.2, -0.15) is 0 Å². The molecule has 0 aliphatic rings. The van der Waals surface area contributed by atoms with Crippen molar-refractivity contribution < 1.29 is 0 Å². The normalized spacial score (nSPS) is 15.5. The molecule has 0 bridgehead atoms. The molecule has 1 N–H and O–H groups in total. The molecule has 1 unspecified atom stereocenters. The van der Waals surface area contributed by atoms with Crippen LogP contribution in [0.3, 0.4) is 0 Å². The van der Waals surface area contributed by atoms with E-state index in [-0.39, 0.29) is 0 Å². The second-order valence-electron chi connectivity index (χ2n) is 4.24. The van der Waals surface area contributed by atoms with Crippen LogP contribution in [0.15, 0.2) is 0 Å². The van der Waals surface area contributed by atoms with E-state index in [1.807, 2.05) is 7.05 Å². The quantitative estimate of drug-likeness (QED) is 0.661. The Hall–Kier alpha value is -0.0800. The van der Waals surface area contributed by atoms with Crippen molar-refractivity contribution in [2.75, 3.05) is 27.7 Å². The first-order valence-corrected chi connectivity index (χ1v) is 4.22. The summed E-state index contributed by atoms with van der Waals surface area (Å²) in [6.07, 6.45) is 0. The van der Waals surface area contributed by atoms with Gasteiger partial charge in [-0.05, 0) is 33.5 Å². The predicted octanol–water partition coefficient (Wildman–Crippen LogP) is 1.18. The van der Waals surface area contributed by atoms with Crippen molar-refractivity contribution in [1.29, 1.82) is 0 Å². The van der Waals surface area contributed by atoms with Crippen molar-refractivity contribution >= 4 is 0 Å². The van der Waals surface area contributed by atoms with Crippen LogP contribution in [0.2, 0.25) is 0 Å². The Morgan fingerprint density at radius 1 is 1.36 bits per heavy atom. The number of hydrogen-bond donors (Lipinski definition) is 1. The van der Waals surface area contributed by atoms with Gasteiger partial charge >= 0.3 is 0 Å². The summed E-state index contributed by atoms with van der Waals surface area (Å²) in [6.45, 7) is 7.92. The predicted molar refractivity (Wildman–Crippen MR) is 50.9 cm³/mol. The molecule has 2 nitrogen and oxygen atoms in total. The summed E-state index contributed by atoms with van der Waals surface area (Å²) in [6, 6.07) is 0.560. The second kappa shape index (κ2) is 4.07. The molecule has 0 saturated carbocycles. The largest absolute Gasteiger partial charge is 0.317 e. The average molecular weight is 158 g/mol. The van der Waals surface area contributed by atoms with E-state index in [0.717, 1.165) is 6.54 Å². The Bertz CT molecular complexity index is 108. The average Bonchev–Trinajstić information content (AvgIpc) is 1.83. The van der Waals surface area contributed by atoms with Crippen LogP contribution in [0.5, 0.6) is 0 Å². The molecule has 2 heteroatoms. The maximum atomic E-state index is 3.28. The van der Waals surface area contributed by atoms with E-state index in [1.165, 1.54) is 0 Å². The van der Waals surface area contributed by atoms with E-state index in [0.29, 0.717) is 11.5 Å². The first-order valence-electron chi connectivity index (χ1n) is 4.22. The monoisotopic (exact) mass is 158 g/mol. The standard InChI is InChI=1S/C9H22N2/c1-8(10-4)9(2,3)7-11(5)6/h8,10H,7H2,1-6H3. The van der Waals surface area contributed by atoms with Crippen LogP contribution in [0.25, 0.3) is 0 Å². The summed E-state index contributed by atoms with van der Waals surface area (Å²) in [7, 11) is 6.25. The molecule has 0 aliphatic carbocycles. The maximum absolute atomic E-state index is 3.28. The SMILES string of the molecule is CNC(C)C(C)(C)CN(C)C. The lowest BCUT2D eigenvalue weighted by Crippen LogP contribution is -2.43. The number of hydrogen-bond acceptors (Lipinski definition) is 2. The Labute approximate surface area is 71.0 Å². The van der Waals surface area contributed by atoms with Gasteiger partial charge in [-0.25, -0.2) is 0 Å². The summed E-state index contributed by atoms with van der Waals surface area (Å²) in [4.78, 5) is 2.23. The molecule has 0 saturated heterocycles. The van der Waals surface area contributed by atoms with Gasteiger partial charge in [-0.15, -0.1) is 0 Å². The Kier molecular flexibility index (Phi) is 4.04. The van der Waals surface area contributed by atoms with Crippen LogP contribution in [0.4, 0.5) is 0 Å². The van der Waals surface area contributed by atoms with Gasteiger partial charge in [0.15, 0.2) is 0 Å². The van der Waals surface area contributed by atoms with Crippen LogP contribution < -0.4 is 5.32 Å². The molecule has 0 aromatic heterocycles. The zero-order chi connectivity index (χ0) is 9.07. The third-order valence-corrected chi connectivity index (χ3v) is 2.33. The molecule has 0 aliphatic heterocycles. The fourth-order valence-corrected chi connectivity index (χ4v) is 1.34. The van der Waals surface area contributed by atoms with Gasteiger partial charge in [0.1, 0.15) is 0 Å². The maximum Gasteiger partial charge on any atom is 0.00991 e. The van der Waals surface area contributed by atoms with Gasteiger partial charge in [-0.3, -0.25) is 0 Å². The molecular weight excluding hydrogens is 136 g/mol. The van der Waals surface area contributed by atoms with Crippen LogP contribution in [0.1, 0.15) is 20.8 Å². The molecule has 11 heavy (non-hydrogen) atoms. The molecule has 0 spiro atoms. The molecule has 0 rings (SSSR count). The summed E-state index contributed by atoms with van der Waals surface area (Å²) in [5.74, 6) is 0. The van der Waals surface area contributed by atoms with Gasteiger partial charge in [0.05, 0.1) is 0 Å². The summed E-state index contributed by atoms with van der Waals surface area (Å²) >= 11 is 0. The Balaban J connectivity index is 3.98. The van der Waals surface area contributed by atoms with E-state index in [9.17, 15) is 0 Å². The zero-order valence-electron chi connectivity index (χ0n) is 8.73. The minimum atomic E-state index is 0.345. The second-order valence-corrected chi connectivity index (χ2v) is 4.24. The minimum absolute atomic E-state index is 0.345. The van der Waals surface area contributed by atoms with Gasteiger partial charge in [-0.1, -0.05) is 13.8 Å². The van der Waals surface area contributed by atoms with Gasteiger partial charge < -0.3 is 10.2 Å². The smallest absolute Gasteiger partial charge is 0.00991 e. The van der Waals surface area contributed by atoms with Crippen molar-refractivity contribution in [3.8, 4) is 0 Å². The lowest BCUT2D eigenvalue weighted by Gasteiger charge is -2.34. The molecule has 68 valence electrons. The fraction of sp³-hybridized carbons (Fsp3) is 1.00. The molecule has 0 heterocycles. The van der Waals surface area contributed by atoms with Crippen molar-refractivity contribution in [3.05, 3.63) is 0 Å². The van der Waals surface area contributed by atoms with Crippen molar-refractivity contribution in [2.24, 2.45) is 5.41 Å². The summed E-state index contributed by atoms with van der Waals surface area (Å²) in [5.41, 5.74) is 0.345. The van der Waals surface area contributed by atoms with Gasteiger partial charge in [0.25, 0.3) is 0 Å². The summed E-state index contributed by atoms with van der Waals surface area (Å²) < 4.78 is 0. The van der Waals surface area contributed by atoms with Gasteiger partial charge in [0.2, 0.25) is 0 Å². The highest BCUT2D eigenvalue weighted by Gasteiger charge is 2.24. The van der Waals surface area contributed by atoms with E-state index >= 15 is 0 Å². The minimum Gasteiger partial charge on any atom is -0.317 e. The highest BCUT2D eigenvalue weighted by Crippen LogP contribution is 2.20. The van der Waals surface area contributed by atoms with Crippen LogP contribution in [-0.4, -0.2) is 38.6 Å². The fourth-order valence-electron chi connectivity index (χ4n) is 1.34. The van der Waals surface area contributed by atoms with Crippen LogP contribution >= 0.6 is 0 Å². The summed E-state index contributed by atoms with van der Waals surface area (Å²) in [5, 5.41) is 3.28. The van der Waals surface area contributed by atoms with Crippen molar-refractivity contribution in [1.82, 2.24) is 10.2 Å². The topological polar surface area (TPSA) is 15.3 Å². The van der Waals surface area contributed by atoms with Crippen molar-refractivity contribution in [2.45, 2.75) is 26.8 Å². The molecule has 0 radical (unpaired) electrons. The molecule has 1 atom stereocenters. The van der Waals surface area contributed by atoms with E-state index < -0.39 is 0 Å². The highest BCUT2D eigenvalue weighted by atomic mass is 15.1. The number of rotatable bonds is 4. The van der Waals surface area contributed by atoms with E-state index in [1.54, 1.807) is 0 Å².